The van der Waals surface area contributed by atoms with E-state index in [1.807, 2.05) is 19.9 Å². The highest BCUT2D eigenvalue weighted by molar-refractivity contribution is 6.00. The Hall–Kier alpha value is -5.71. The van der Waals surface area contributed by atoms with Gasteiger partial charge in [0.05, 0.1) is 5.56 Å². The molecule has 3 rings (SSSR count). The molecule has 0 aliphatic carbocycles. The smallest absolute Gasteiger partial charge is 0.352 e. The maximum atomic E-state index is 13.1. The second kappa shape index (κ2) is 20.3. The number of H-pyrrole nitrogens is 1. The number of benzene rings is 1. The number of fused-ring (bicyclic) bond motifs is 1. The molecule has 2 aromatic rings. The monoisotopic (exact) mass is 784 g/mol. The highest BCUT2D eigenvalue weighted by Gasteiger charge is 2.31. The van der Waals surface area contributed by atoms with Gasteiger partial charge in [-0.1, -0.05) is 13.8 Å². The molecule has 1 aliphatic rings. The molecule has 1 aromatic carbocycles. The first-order valence-electron chi connectivity index (χ1n) is 18.4. The number of aromatic amines is 1. The van der Waals surface area contributed by atoms with Gasteiger partial charge in [-0.15, -0.1) is 0 Å². The molecular weight excluding hydrogens is 732 g/mol. The first-order valence-corrected chi connectivity index (χ1v) is 18.4. The van der Waals surface area contributed by atoms with Crippen LogP contribution in [0.4, 0.5) is 5.69 Å². The molecule has 17 nitrogen and oxygen atoms in total. The molecule has 306 valence electrons. The lowest BCUT2D eigenvalue weighted by Crippen LogP contribution is -2.38. The number of anilines is 1. The zero-order valence-corrected chi connectivity index (χ0v) is 33.5. The van der Waals surface area contributed by atoms with E-state index in [1.165, 1.54) is 34.6 Å². The van der Waals surface area contributed by atoms with Gasteiger partial charge in [-0.25, -0.2) is 24.0 Å². The number of likely N-dealkylation sites (N-methyl/N-ethyl adjacent to an activating group) is 1. The zero-order valence-electron chi connectivity index (χ0n) is 33.5. The number of esters is 6. The highest BCUT2D eigenvalue weighted by atomic mass is 16.6. The summed E-state index contributed by atoms with van der Waals surface area (Å²) < 4.78 is 30.3. The van der Waals surface area contributed by atoms with Crippen molar-refractivity contribution in [1.29, 1.82) is 0 Å². The molecule has 0 saturated carbocycles. The normalized spacial score (nSPS) is 15.3. The van der Waals surface area contributed by atoms with Crippen LogP contribution < -0.4 is 15.4 Å². The Morgan fingerprint density at radius 1 is 0.768 bits per heavy atom. The van der Waals surface area contributed by atoms with Gasteiger partial charge in [0.15, 0.2) is 30.5 Å². The molecule has 0 bridgehead atoms. The molecule has 17 heteroatoms. The summed E-state index contributed by atoms with van der Waals surface area (Å²) in [6.45, 7) is 18.7. The number of aryl methyl sites for hydroxylation is 1. The van der Waals surface area contributed by atoms with Crippen LogP contribution in [0.25, 0.3) is 11.6 Å². The summed E-state index contributed by atoms with van der Waals surface area (Å²) in [7, 11) is 0. The molecular formula is C39H52N4O13. The molecule has 2 heterocycles. The molecule has 0 spiro atoms. The van der Waals surface area contributed by atoms with Gasteiger partial charge in [0.1, 0.15) is 5.75 Å². The van der Waals surface area contributed by atoms with Gasteiger partial charge < -0.3 is 48.9 Å². The molecule has 5 atom stereocenters. The van der Waals surface area contributed by atoms with Gasteiger partial charge in [-0.05, 0) is 97.0 Å². The number of aromatic nitrogens is 1. The number of nitrogens with one attached hydrogen (secondary N) is 3. The van der Waals surface area contributed by atoms with E-state index in [4.69, 9.17) is 23.7 Å². The lowest BCUT2D eigenvalue weighted by atomic mass is 10.0. The van der Waals surface area contributed by atoms with Crippen LogP contribution in [-0.2, 0) is 52.5 Å². The van der Waals surface area contributed by atoms with Crippen molar-refractivity contribution in [3.63, 3.8) is 0 Å². The third kappa shape index (κ3) is 12.1. The molecule has 3 N–H and O–H groups in total. The minimum Gasteiger partial charge on any atom is -0.451 e. The van der Waals surface area contributed by atoms with Crippen LogP contribution in [-0.4, -0.2) is 115 Å². The first kappa shape index (κ1) is 44.7. The SMILES string of the molecule is CCN(CC)CCNC(=O)c1c(C)[nH]c(/C=C2\CNc3ccc(OC(=O)[C@H](C)OC(=O)[C@H](C)OC(=O)[C@H](C)OC(=O)[C@H](C)OC(=O)[C@H](C)OC(C)=O)cc32)c1C. The quantitative estimate of drug-likeness (QED) is 0.112. The first-order chi connectivity index (χ1) is 26.4. The number of nitrogens with zero attached hydrogens (tertiary/aromatic N) is 1. The molecule has 0 unspecified atom stereocenters. The molecule has 1 aromatic heterocycles. The van der Waals surface area contributed by atoms with E-state index >= 15 is 0 Å². The number of carbonyl (C=O) groups is 7. The van der Waals surface area contributed by atoms with Gasteiger partial charge in [0, 0.05) is 49.2 Å². The van der Waals surface area contributed by atoms with E-state index in [0.717, 1.165) is 60.3 Å². The van der Waals surface area contributed by atoms with Crippen LogP contribution in [0, 0.1) is 13.8 Å². The molecule has 1 aliphatic heterocycles. The summed E-state index contributed by atoms with van der Waals surface area (Å²) in [4.78, 5) is 92.0. The number of amides is 1. The van der Waals surface area contributed by atoms with E-state index < -0.39 is 66.3 Å². The standard InChI is InChI=1S/C39H52N4O13/c1-11-43(12-2)16-15-40-34(45)33-20(3)32(42-21(33)4)17-28-19-41-31-14-13-29(18-30(28)31)56-39(50)26(9)55-38(49)25(8)54-37(48)24(7)53-36(47)23(6)52-35(46)22(5)51-27(10)44/h13-14,17-18,22-26,41-42H,11-12,15-16,19H2,1-10H3,(H,40,45)/b28-17+/t22-,23-,24-,25-,26-/m0/s1. The number of carbonyl (C=O) groups excluding carboxylic acids is 7. The topological polar surface area (TPSA) is 218 Å². The van der Waals surface area contributed by atoms with E-state index in [1.54, 1.807) is 18.2 Å². The minimum atomic E-state index is -1.51. The third-order valence-electron chi connectivity index (χ3n) is 8.83. The van der Waals surface area contributed by atoms with Crippen molar-refractivity contribution in [3.8, 4) is 5.75 Å². The second-order valence-electron chi connectivity index (χ2n) is 13.2. The van der Waals surface area contributed by atoms with Crippen LogP contribution >= 0.6 is 0 Å². The second-order valence-corrected chi connectivity index (χ2v) is 13.2. The number of rotatable bonds is 18. The Morgan fingerprint density at radius 3 is 1.77 bits per heavy atom. The summed E-state index contributed by atoms with van der Waals surface area (Å²) in [6.07, 6.45) is -5.20. The van der Waals surface area contributed by atoms with Gasteiger partial charge in [0.2, 0.25) is 0 Å². The molecule has 1 amide bonds. The Balaban J connectivity index is 1.56. The van der Waals surface area contributed by atoms with E-state index in [-0.39, 0.29) is 11.7 Å². The van der Waals surface area contributed by atoms with Gasteiger partial charge >= 0.3 is 35.8 Å². The van der Waals surface area contributed by atoms with Gasteiger partial charge in [-0.2, -0.15) is 0 Å². The van der Waals surface area contributed by atoms with Crippen LogP contribution in [0.5, 0.6) is 5.75 Å². The molecule has 0 fully saturated rings. The van der Waals surface area contributed by atoms with Crippen LogP contribution in [0.3, 0.4) is 0 Å². The van der Waals surface area contributed by atoms with Gasteiger partial charge in [-0.3, -0.25) is 9.59 Å². The van der Waals surface area contributed by atoms with Crippen molar-refractivity contribution >= 4 is 59.1 Å². The minimum absolute atomic E-state index is 0.147. The fraction of sp³-hybridized carbons (Fsp3) is 0.513. The van der Waals surface area contributed by atoms with E-state index in [0.29, 0.717) is 18.7 Å². The Morgan fingerprint density at radius 2 is 1.27 bits per heavy atom. The van der Waals surface area contributed by atoms with Crippen molar-refractivity contribution in [3.05, 3.63) is 46.3 Å². The Labute approximate surface area is 325 Å². The van der Waals surface area contributed by atoms with Crippen molar-refractivity contribution in [2.24, 2.45) is 0 Å². The zero-order chi connectivity index (χ0) is 41.9. The summed E-state index contributed by atoms with van der Waals surface area (Å²) in [5.41, 5.74) is 5.38. The van der Waals surface area contributed by atoms with Gasteiger partial charge in [0.25, 0.3) is 5.91 Å². The Bertz CT molecular complexity index is 1830. The van der Waals surface area contributed by atoms with Crippen molar-refractivity contribution in [1.82, 2.24) is 15.2 Å². The van der Waals surface area contributed by atoms with E-state index in [2.05, 4.69) is 39.1 Å². The average Bonchev–Trinajstić information content (AvgIpc) is 3.67. The number of ether oxygens (including phenoxy) is 6. The van der Waals surface area contributed by atoms with Crippen molar-refractivity contribution < 1.29 is 62.0 Å². The average molecular weight is 785 g/mol. The lowest BCUT2D eigenvalue weighted by Gasteiger charge is -2.20. The van der Waals surface area contributed by atoms with E-state index in [9.17, 15) is 33.6 Å². The predicted molar refractivity (Wildman–Crippen MR) is 202 cm³/mol. The maximum absolute atomic E-state index is 13.1. The van der Waals surface area contributed by atoms with Crippen molar-refractivity contribution in [2.45, 2.75) is 99.8 Å². The highest BCUT2D eigenvalue weighted by Crippen LogP contribution is 2.35. The van der Waals surface area contributed by atoms with Crippen LogP contribution in [0.2, 0.25) is 0 Å². The molecule has 56 heavy (non-hydrogen) atoms. The number of hydrogen-bond acceptors (Lipinski definition) is 15. The van der Waals surface area contributed by atoms with Crippen LogP contribution in [0.15, 0.2) is 18.2 Å². The summed E-state index contributed by atoms with van der Waals surface area (Å²) >= 11 is 0. The fourth-order valence-electron chi connectivity index (χ4n) is 5.58. The number of hydrogen-bond donors (Lipinski definition) is 3. The summed E-state index contributed by atoms with van der Waals surface area (Å²) in [5, 5.41) is 6.32. The molecule has 0 radical (unpaired) electrons. The fourth-order valence-corrected chi connectivity index (χ4v) is 5.58. The maximum Gasteiger partial charge on any atom is 0.352 e. The van der Waals surface area contributed by atoms with Crippen LogP contribution in [0.1, 0.15) is 88.3 Å². The Kier molecular flexibility index (Phi) is 16.2. The molecule has 0 saturated heterocycles. The third-order valence-corrected chi connectivity index (χ3v) is 8.83. The predicted octanol–water partition coefficient (Wildman–Crippen LogP) is 3.25. The summed E-state index contributed by atoms with van der Waals surface area (Å²) in [5.74, 6) is -5.86. The van der Waals surface area contributed by atoms with Crippen molar-refractivity contribution in [2.75, 3.05) is 38.0 Å². The lowest BCUT2D eigenvalue weighted by molar-refractivity contribution is -0.186. The largest absolute Gasteiger partial charge is 0.451 e. The summed E-state index contributed by atoms with van der Waals surface area (Å²) in [6, 6.07) is 5.01.